The van der Waals surface area contributed by atoms with Crippen LogP contribution in [0.5, 0.6) is 0 Å². The van der Waals surface area contributed by atoms with E-state index in [9.17, 15) is 8.42 Å². The number of anilines is 1. The smallest absolute Gasteiger partial charge is 0.238 e. The average molecular weight is 565 g/mol. The van der Waals surface area contributed by atoms with Crippen molar-refractivity contribution in [1.82, 2.24) is 20.2 Å². The largest absolute Gasteiger partial charge is 0.372 e. The van der Waals surface area contributed by atoms with Gasteiger partial charge >= 0.3 is 0 Å². The number of primary sulfonamides is 1. The van der Waals surface area contributed by atoms with Crippen LogP contribution in [0.4, 0.5) is 10.3 Å². The molecule has 2 aromatic carbocycles. The molecule has 0 amide bonds. The number of sulfonamides is 1. The summed E-state index contributed by atoms with van der Waals surface area (Å²) in [5.74, 6) is 0.117. The van der Waals surface area contributed by atoms with Gasteiger partial charge in [0.15, 0.2) is 0 Å². The Kier molecular flexibility index (Phi) is 7.69. The summed E-state index contributed by atoms with van der Waals surface area (Å²) < 4.78 is 40.9. The molecule has 1 atom stereocenters. The highest BCUT2D eigenvalue weighted by Gasteiger charge is 2.37. The number of dihydropyridines is 1. The molecule has 1 unspecified atom stereocenters. The fourth-order valence-electron chi connectivity index (χ4n) is 5.95. The summed E-state index contributed by atoms with van der Waals surface area (Å²) in [7, 11) is 0.286. The summed E-state index contributed by atoms with van der Waals surface area (Å²) in [4.78, 5) is 11.6. The first-order chi connectivity index (χ1) is 19.0. The molecular formula is C30H37FN6O2S. The zero-order chi connectivity index (χ0) is 28.7. The second-order valence-electron chi connectivity index (χ2n) is 11.0. The minimum absolute atomic E-state index is 0.0395. The monoisotopic (exact) mass is 564 g/mol. The van der Waals surface area contributed by atoms with Crippen LogP contribution < -0.4 is 15.8 Å². The molecule has 5 rings (SSSR count). The van der Waals surface area contributed by atoms with Crippen LogP contribution in [-0.2, 0) is 22.0 Å². The Balaban J connectivity index is 1.58. The lowest BCUT2D eigenvalue weighted by molar-refractivity contribution is 0.221. The first-order valence-corrected chi connectivity index (χ1v) is 15.3. The molecule has 2 heterocycles. The maximum Gasteiger partial charge on any atom is 0.238 e. The number of halogens is 1. The number of fused-ring (bicyclic) bond motifs is 1. The second-order valence-corrected chi connectivity index (χ2v) is 12.6. The molecule has 1 aliphatic carbocycles. The van der Waals surface area contributed by atoms with E-state index in [4.69, 9.17) is 10.1 Å². The summed E-state index contributed by atoms with van der Waals surface area (Å²) in [6, 6.07) is 8.95. The molecule has 0 radical (unpaired) electrons. The van der Waals surface area contributed by atoms with Gasteiger partial charge in [0.1, 0.15) is 11.4 Å². The Morgan fingerprint density at radius 3 is 2.60 bits per heavy atom. The molecule has 1 aromatic heterocycles. The van der Waals surface area contributed by atoms with E-state index in [1.807, 2.05) is 32.1 Å². The number of hydrogen-bond donors (Lipinski definition) is 3. The molecular weight excluding hydrogens is 527 g/mol. The second kappa shape index (κ2) is 10.9. The lowest BCUT2D eigenvalue weighted by atomic mass is 9.79. The molecule has 212 valence electrons. The van der Waals surface area contributed by atoms with Crippen molar-refractivity contribution in [3.63, 3.8) is 0 Å². The zero-order valence-corrected chi connectivity index (χ0v) is 24.2. The van der Waals surface area contributed by atoms with Crippen LogP contribution in [-0.4, -0.2) is 49.5 Å². The number of benzene rings is 2. The Labute approximate surface area is 235 Å². The van der Waals surface area contributed by atoms with E-state index in [-0.39, 0.29) is 16.8 Å². The van der Waals surface area contributed by atoms with Crippen molar-refractivity contribution in [3.8, 4) is 0 Å². The van der Waals surface area contributed by atoms with E-state index in [2.05, 4.69) is 34.6 Å². The van der Waals surface area contributed by atoms with Crippen molar-refractivity contribution in [1.29, 1.82) is 0 Å². The number of hydrogen-bond acceptors (Lipinski definition) is 7. The minimum Gasteiger partial charge on any atom is -0.372 e. The topological polar surface area (TPSA) is 113 Å². The van der Waals surface area contributed by atoms with Crippen molar-refractivity contribution >= 4 is 26.9 Å². The number of aromatic nitrogens is 2. The number of nitrogens with two attached hydrogens (primary N) is 1. The van der Waals surface area contributed by atoms with E-state index in [1.165, 1.54) is 12.1 Å². The lowest BCUT2D eigenvalue weighted by Crippen LogP contribution is -2.43. The molecule has 0 saturated heterocycles. The fraction of sp³-hybridized carbons (Fsp3) is 0.400. The summed E-state index contributed by atoms with van der Waals surface area (Å²) in [6.07, 6.45) is 12.0. The number of allylic oxidation sites excluding steroid dienone is 3. The van der Waals surface area contributed by atoms with Crippen LogP contribution in [0, 0.1) is 5.82 Å². The quantitative estimate of drug-likeness (QED) is 0.385. The predicted molar refractivity (Wildman–Crippen MR) is 157 cm³/mol. The highest BCUT2D eigenvalue weighted by atomic mass is 32.2. The summed E-state index contributed by atoms with van der Waals surface area (Å²) in [5, 5.41) is 13.0. The standard InChI is InChI=1S/C30H37FN6O2S/c1-5-25-27(31)26(30(15-7-8-19(2)36-30)21-9-6-10-24(17-21)40(32,38)39)16-20-18-33-29(35-28(20)25)34-22-11-13-23(14-12-22)37(3)4/h6-10,15-18,22-23,36H,5,11-14H2,1-4H3,(H2,32,38,39)(H,33,34,35). The van der Waals surface area contributed by atoms with Crippen LogP contribution in [0.3, 0.4) is 0 Å². The van der Waals surface area contributed by atoms with Crippen molar-refractivity contribution in [3.05, 3.63) is 83.0 Å². The number of rotatable bonds is 7. The summed E-state index contributed by atoms with van der Waals surface area (Å²) in [5.41, 5.74) is 1.61. The SMILES string of the molecule is CCc1c(F)c(C2(c3cccc(S(N)(=O)=O)c3)C=CC=C(C)N2)cc2cnc(NC3CCC(N(C)C)CC3)nc12. The van der Waals surface area contributed by atoms with Gasteiger partial charge in [0.2, 0.25) is 16.0 Å². The number of aryl methyl sites for hydroxylation is 1. The lowest BCUT2D eigenvalue weighted by Gasteiger charge is -2.37. The van der Waals surface area contributed by atoms with Gasteiger partial charge in [0.05, 0.1) is 10.4 Å². The van der Waals surface area contributed by atoms with Crippen LogP contribution in [0.25, 0.3) is 10.9 Å². The molecule has 8 nitrogen and oxygen atoms in total. The normalized spacial score (nSPS) is 23.2. The Bertz CT molecular complexity index is 1600. The Morgan fingerprint density at radius 2 is 1.95 bits per heavy atom. The maximum atomic E-state index is 16.6. The number of nitrogens with zero attached hydrogens (tertiary/aromatic N) is 3. The maximum absolute atomic E-state index is 16.6. The molecule has 1 fully saturated rings. The third kappa shape index (κ3) is 5.35. The van der Waals surface area contributed by atoms with Gasteiger partial charge in [-0.2, -0.15) is 0 Å². The summed E-state index contributed by atoms with van der Waals surface area (Å²) >= 11 is 0. The Morgan fingerprint density at radius 1 is 1.20 bits per heavy atom. The van der Waals surface area contributed by atoms with E-state index >= 15 is 4.39 Å². The predicted octanol–water partition coefficient (Wildman–Crippen LogP) is 4.57. The van der Waals surface area contributed by atoms with Crippen molar-refractivity contribution < 1.29 is 12.8 Å². The highest BCUT2D eigenvalue weighted by molar-refractivity contribution is 7.89. The van der Waals surface area contributed by atoms with Crippen molar-refractivity contribution in [2.24, 2.45) is 5.14 Å². The highest BCUT2D eigenvalue weighted by Crippen LogP contribution is 2.40. The van der Waals surface area contributed by atoms with Crippen LogP contribution in [0.15, 0.2) is 65.3 Å². The summed E-state index contributed by atoms with van der Waals surface area (Å²) in [6.45, 7) is 3.79. The molecule has 3 aromatic rings. The third-order valence-corrected chi connectivity index (χ3v) is 9.06. The van der Waals surface area contributed by atoms with Gasteiger partial charge < -0.3 is 15.5 Å². The number of nitrogens with one attached hydrogen (secondary N) is 2. The van der Waals surface area contributed by atoms with Crippen LogP contribution >= 0.6 is 0 Å². The van der Waals surface area contributed by atoms with E-state index in [0.29, 0.717) is 46.0 Å². The van der Waals surface area contributed by atoms with Gasteiger partial charge in [-0.05, 0) is 83.0 Å². The van der Waals surface area contributed by atoms with Gasteiger partial charge in [-0.3, -0.25) is 0 Å². The average Bonchev–Trinajstić information content (AvgIpc) is 2.92. The van der Waals surface area contributed by atoms with Gasteiger partial charge in [-0.25, -0.2) is 27.9 Å². The van der Waals surface area contributed by atoms with E-state index < -0.39 is 15.6 Å². The molecule has 0 bridgehead atoms. The Hall–Kier alpha value is -3.34. The van der Waals surface area contributed by atoms with Crippen molar-refractivity contribution in [2.75, 3.05) is 19.4 Å². The first kappa shape index (κ1) is 28.2. The van der Waals surface area contributed by atoms with Crippen LogP contribution in [0.1, 0.15) is 56.2 Å². The molecule has 0 spiro atoms. The van der Waals surface area contributed by atoms with Gasteiger partial charge in [-0.1, -0.05) is 31.2 Å². The van der Waals surface area contributed by atoms with Gasteiger partial charge in [0, 0.05) is 40.5 Å². The third-order valence-electron chi connectivity index (χ3n) is 8.15. The minimum atomic E-state index is -3.96. The first-order valence-electron chi connectivity index (χ1n) is 13.7. The fourth-order valence-corrected chi connectivity index (χ4v) is 6.51. The van der Waals surface area contributed by atoms with E-state index in [1.54, 1.807) is 24.4 Å². The molecule has 1 saturated carbocycles. The van der Waals surface area contributed by atoms with E-state index in [0.717, 1.165) is 31.4 Å². The van der Waals surface area contributed by atoms with Gasteiger partial charge in [-0.15, -0.1) is 0 Å². The molecule has 2 aliphatic rings. The van der Waals surface area contributed by atoms with Crippen LogP contribution in [0.2, 0.25) is 0 Å². The van der Waals surface area contributed by atoms with Gasteiger partial charge in [0.25, 0.3) is 0 Å². The zero-order valence-electron chi connectivity index (χ0n) is 23.4. The molecule has 10 heteroatoms. The molecule has 40 heavy (non-hydrogen) atoms. The molecule has 1 aliphatic heterocycles. The molecule has 4 N–H and O–H groups in total. The van der Waals surface area contributed by atoms with Crippen molar-refractivity contribution in [2.45, 2.75) is 68.5 Å².